The molecule has 4 fully saturated rings. The molecule has 0 spiro atoms. The summed E-state index contributed by atoms with van der Waals surface area (Å²) >= 11 is 1.62. The zero-order chi connectivity index (χ0) is 19.5. The number of thiophene rings is 1. The lowest BCUT2D eigenvalue weighted by atomic mass is 9.75. The Morgan fingerprint density at radius 3 is 2.57 bits per heavy atom. The molecule has 1 amide bonds. The molecule has 0 aromatic carbocycles. The smallest absolute Gasteiger partial charge is 0.341 e. The average molecular weight is 402 g/mol. The highest BCUT2D eigenvalue weighted by Crippen LogP contribution is 2.65. The first-order chi connectivity index (χ1) is 13.5. The Hall–Kier alpha value is -1.36. The van der Waals surface area contributed by atoms with Crippen LogP contribution in [0.4, 0.5) is 5.00 Å². The summed E-state index contributed by atoms with van der Waals surface area (Å²) in [4.78, 5) is 27.7. The molecule has 0 radical (unpaired) electrons. The van der Waals surface area contributed by atoms with E-state index in [9.17, 15) is 9.59 Å². The van der Waals surface area contributed by atoms with Crippen molar-refractivity contribution in [1.29, 1.82) is 0 Å². The number of aryl methyl sites for hydroxylation is 1. The average Bonchev–Trinajstić information content (AvgIpc) is 3.23. The molecule has 6 rings (SSSR count). The van der Waals surface area contributed by atoms with Gasteiger partial charge in [-0.15, -0.1) is 11.3 Å². The van der Waals surface area contributed by atoms with Crippen molar-refractivity contribution >= 4 is 28.2 Å². The number of nitrogens with one attached hydrogen (secondary N) is 1. The topological polar surface area (TPSA) is 55.4 Å². The molecule has 4 bridgehead atoms. The summed E-state index contributed by atoms with van der Waals surface area (Å²) in [5.74, 6) is 2.28. The number of hydrogen-bond donors (Lipinski definition) is 1. The maximum atomic E-state index is 13.5. The summed E-state index contributed by atoms with van der Waals surface area (Å²) in [6.07, 6.45) is 10.1. The van der Waals surface area contributed by atoms with Gasteiger partial charge in [0.2, 0.25) is 5.91 Å². The second kappa shape index (κ2) is 6.86. The maximum Gasteiger partial charge on any atom is 0.341 e. The van der Waals surface area contributed by atoms with Crippen LogP contribution < -0.4 is 5.32 Å². The first kappa shape index (κ1) is 18.7. The molecule has 28 heavy (non-hydrogen) atoms. The molecule has 0 saturated heterocycles. The lowest BCUT2D eigenvalue weighted by Gasteiger charge is -2.31. The predicted molar refractivity (Wildman–Crippen MR) is 111 cm³/mol. The van der Waals surface area contributed by atoms with Gasteiger partial charge in [0, 0.05) is 4.88 Å². The first-order valence-electron chi connectivity index (χ1n) is 11.1. The Kier molecular flexibility index (Phi) is 4.57. The summed E-state index contributed by atoms with van der Waals surface area (Å²) in [5.41, 5.74) is 1.62. The molecule has 1 aromatic heterocycles. The quantitative estimate of drug-likeness (QED) is 0.690. The molecule has 1 aromatic rings. The number of amides is 1. The van der Waals surface area contributed by atoms with Gasteiger partial charge in [-0.25, -0.2) is 4.79 Å². The minimum atomic E-state index is -0.252. The van der Waals surface area contributed by atoms with E-state index in [0.29, 0.717) is 24.0 Å². The number of anilines is 1. The third-order valence-electron chi connectivity index (χ3n) is 7.59. The first-order valence-corrected chi connectivity index (χ1v) is 11.9. The van der Waals surface area contributed by atoms with Crippen LogP contribution in [0.1, 0.15) is 79.6 Å². The van der Waals surface area contributed by atoms with Crippen molar-refractivity contribution in [3.8, 4) is 0 Å². The Bertz CT molecular complexity index is 797. The van der Waals surface area contributed by atoms with Crippen LogP contribution in [-0.4, -0.2) is 18.5 Å². The molecule has 152 valence electrons. The third-order valence-corrected chi connectivity index (χ3v) is 8.80. The van der Waals surface area contributed by atoms with E-state index in [-0.39, 0.29) is 17.3 Å². The standard InChI is InChI=1S/C23H31NO3S/c1-13(2)12-27-21(25)19-17-5-3-4-6-18(17)28-20(19)24-22(26)23-10-14-7-15(11-23)9-16(23)8-14/h13-16H,3-12H2,1-2H3,(H,24,26)/t14-,15?,16?,23?/m1/s1. The van der Waals surface area contributed by atoms with Crippen molar-refractivity contribution in [3.63, 3.8) is 0 Å². The van der Waals surface area contributed by atoms with Crippen LogP contribution in [0.5, 0.6) is 0 Å². The number of carbonyl (C=O) groups excluding carboxylic acids is 2. The highest BCUT2D eigenvalue weighted by molar-refractivity contribution is 7.17. The van der Waals surface area contributed by atoms with Crippen LogP contribution in [0.15, 0.2) is 0 Å². The van der Waals surface area contributed by atoms with Crippen molar-refractivity contribution in [2.24, 2.45) is 29.1 Å². The minimum Gasteiger partial charge on any atom is -0.462 e. The minimum absolute atomic E-state index is 0.169. The molecule has 5 aliphatic rings. The fourth-order valence-corrected chi connectivity index (χ4v) is 7.85. The van der Waals surface area contributed by atoms with Crippen LogP contribution in [0.3, 0.4) is 0 Å². The molecule has 0 aliphatic heterocycles. The monoisotopic (exact) mass is 401 g/mol. The van der Waals surface area contributed by atoms with E-state index in [0.717, 1.165) is 60.9 Å². The zero-order valence-electron chi connectivity index (χ0n) is 17.0. The molecule has 4 nitrogen and oxygen atoms in total. The van der Waals surface area contributed by atoms with E-state index in [2.05, 4.69) is 5.32 Å². The summed E-state index contributed by atoms with van der Waals surface area (Å²) in [5, 5.41) is 4.02. The van der Waals surface area contributed by atoms with Crippen molar-refractivity contribution in [2.45, 2.75) is 71.6 Å². The van der Waals surface area contributed by atoms with Crippen LogP contribution in [0.2, 0.25) is 0 Å². The van der Waals surface area contributed by atoms with Gasteiger partial charge in [-0.05, 0) is 87.0 Å². The maximum absolute atomic E-state index is 13.5. The Labute approximate surface area is 171 Å². The molecular weight excluding hydrogens is 370 g/mol. The van der Waals surface area contributed by atoms with E-state index in [1.165, 1.54) is 24.1 Å². The number of ether oxygens (including phenoxy) is 1. The van der Waals surface area contributed by atoms with Gasteiger partial charge in [0.05, 0.1) is 17.6 Å². The SMILES string of the molecule is CC(C)COC(=O)c1c(NC(=O)C23CC4CC2C[C@@H](C4)C3)sc2c1CCCC2. The highest BCUT2D eigenvalue weighted by Gasteiger charge is 2.61. The number of carbonyl (C=O) groups is 2. The zero-order valence-corrected chi connectivity index (χ0v) is 17.8. The Morgan fingerprint density at radius 2 is 1.86 bits per heavy atom. The van der Waals surface area contributed by atoms with Crippen molar-refractivity contribution in [2.75, 3.05) is 11.9 Å². The molecule has 3 unspecified atom stereocenters. The molecule has 1 heterocycles. The second-order valence-electron chi connectivity index (χ2n) is 10.1. The van der Waals surface area contributed by atoms with Gasteiger partial charge in [-0.1, -0.05) is 13.8 Å². The van der Waals surface area contributed by atoms with Gasteiger partial charge >= 0.3 is 5.97 Å². The molecular formula is C23H31NO3S. The number of esters is 1. The van der Waals surface area contributed by atoms with Crippen molar-refractivity contribution in [3.05, 3.63) is 16.0 Å². The highest BCUT2D eigenvalue weighted by atomic mass is 32.1. The van der Waals surface area contributed by atoms with Gasteiger partial charge in [-0.3, -0.25) is 4.79 Å². The fourth-order valence-electron chi connectivity index (χ4n) is 6.58. The Morgan fingerprint density at radius 1 is 1.14 bits per heavy atom. The van der Waals surface area contributed by atoms with Crippen molar-refractivity contribution < 1.29 is 14.3 Å². The number of fused-ring (bicyclic) bond motifs is 1. The van der Waals surface area contributed by atoms with E-state index < -0.39 is 0 Å². The predicted octanol–water partition coefficient (Wildman–Crippen LogP) is 5.20. The second-order valence-corrected chi connectivity index (χ2v) is 11.2. The van der Waals surface area contributed by atoms with Crippen LogP contribution in [0, 0.1) is 29.1 Å². The molecule has 5 heteroatoms. The van der Waals surface area contributed by atoms with Gasteiger partial charge in [0.1, 0.15) is 5.00 Å². The van der Waals surface area contributed by atoms with Crippen molar-refractivity contribution in [1.82, 2.24) is 0 Å². The van der Waals surface area contributed by atoms with Crippen LogP contribution in [-0.2, 0) is 22.4 Å². The van der Waals surface area contributed by atoms with E-state index in [1.807, 2.05) is 13.8 Å². The van der Waals surface area contributed by atoms with Crippen LogP contribution in [0.25, 0.3) is 0 Å². The van der Waals surface area contributed by atoms with Gasteiger partial charge in [-0.2, -0.15) is 0 Å². The summed E-state index contributed by atoms with van der Waals surface area (Å²) in [6.45, 7) is 4.51. The molecule has 1 N–H and O–H groups in total. The third kappa shape index (κ3) is 2.92. The molecule has 4 saturated carbocycles. The van der Waals surface area contributed by atoms with E-state index in [1.54, 1.807) is 11.3 Å². The number of rotatable bonds is 5. The fraction of sp³-hybridized carbons (Fsp3) is 0.739. The van der Waals surface area contributed by atoms with Gasteiger partial charge in [0.25, 0.3) is 0 Å². The van der Waals surface area contributed by atoms with E-state index in [4.69, 9.17) is 4.74 Å². The summed E-state index contributed by atoms with van der Waals surface area (Å²) in [6, 6.07) is 0. The normalized spacial score (nSPS) is 32.6. The largest absolute Gasteiger partial charge is 0.462 e. The van der Waals surface area contributed by atoms with E-state index >= 15 is 0 Å². The summed E-state index contributed by atoms with van der Waals surface area (Å²) in [7, 11) is 0. The number of hydrogen-bond acceptors (Lipinski definition) is 4. The van der Waals surface area contributed by atoms with Gasteiger partial charge in [0.15, 0.2) is 0 Å². The molecule has 4 atom stereocenters. The lowest BCUT2D eigenvalue weighted by molar-refractivity contribution is -0.127. The lowest BCUT2D eigenvalue weighted by Crippen LogP contribution is -2.37. The van der Waals surface area contributed by atoms with Gasteiger partial charge < -0.3 is 10.1 Å². The van der Waals surface area contributed by atoms with Crippen LogP contribution >= 0.6 is 11.3 Å². The summed E-state index contributed by atoms with van der Waals surface area (Å²) < 4.78 is 5.59. The Balaban J connectivity index is 1.42. The molecule has 5 aliphatic carbocycles.